The molecule has 0 spiro atoms. The van der Waals surface area contributed by atoms with E-state index in [0.717, 1.165) is 0 Å². The Kier molecular flexibility index (Phi) is 7.47. The van der Waals surface area contributed by atoms with Gasteiger partial charge in [0.05, 0.1) is 6.54 Å². The number of nitriles is 1. The van der Waals surface area contributed by atoms with E-state index in [1.165, 1.54) is 12.3 Å². The number of nitrogens with zero attached hydrogens (tertiary/aromatic N) is 2. The van der Waals surface area contributed by atoms with Gasteiger partial charge in [-0.25, -0.2) is 14.6 Å². The first-order valence-corrected chi connectivity index (χ1v) is 4.86. The summed E-state index contributed by atoms with van der Waals surface area (Å²) in [5.41, 5.74) is 0. The Bertz CT molecular complexity index is 302. The molecule has 0 saturated heterocycles. The molecule has 0 aliphatic rings. The van der Waals surface area contributed by atoms with Gasteiger partial charge >= 0.3 is 5.97 Å². The molecule has 16 heavy (non-hydrogen) atoms. The highest BCUT2D eigenvalue weighted by atomic mass is 16.6. The molecule has 6 heteroatoms. The van der Waals surface area contributed by atoms with Crippen LogP contribution in [-0.4, -0.2) is 31.3 Å². The first-order chi connectivity index (χ1) is 7.61. The first kappa shape index (κ1) is 14.1. The lowest BCUT2D eigenvalue weighted by atomic mass is 10.1. The van der Waals surface area contributed by atoms with Gasteiger partial charge in [-0.1, -0.05) is 13.8 Å². The largest absolute Gasteiger partial charge is 0.461 e. The second-order valence-electron chi connectivity index (χ2n) is 3.47. The average Bonchev–Trinajstić information content (AvgIpc) is 2.23. The van der Waals surface area contributed by atoms with E-state index in [-0.39, 0.29) is 19.1 Å². The summed E-state index contributed by atoms with van der Waals surface area (Å²) in [7, 11) is 0. The highest BCUT2D eigenvalue weighted by Gasteiger charge is 2.22. The molecule has 1 atom stereocenters. The number of isocyanates is 1. The minimum atomic E-state index is -0.884. The predicted octanol–water partition coefficient (Wildman–Crippen LogP) is 0.778. The summed E-state index contributed by atoms with van der Waals surface area (Å²) in [4.78, 5) is 24.3. The standard InChI is InChI=1S/C10H14N2O4/c1-8(2)5-9(16-6-11)10(14)15-4-3-12-7-13/h8-9H,3-5H2,1-2H3. The van der Waals surface area contributed by atoms with Crippen LogP contribution < -0.4 is 0 Å². The Hall–Kier alpha value is -1.86. The maximum absolute atomic E-state index is 11.4. The van der Waals surface area contributed by atoms with Crippen LogP contribution in [0.5, 0.6) is 0 Å². The predicted molar refractivity (Wildman–Crippen MR) is 53.9 cm³/mol. The molecule has 0 bridgehead atoms. The van der Waals surface area contributed by atoms with E-state index in [4.69, 9.17) is 10.00 Å². The van der Waals surface area contributed by atoms with E-state index < -0.39 is 12.1 Å². The minimum Gasteiger partial charge on any atom is -0.461 e. The molecule has 0 aliphatic heterocycles. The molecule has 0 fully saturated rings. The van der Waals surface area contributed by atoms with E-state index in [9.17, 15) is 9.59 Å². The number of esters is 1. The Morgan fingerprint density at radius 1 is 1.50 bits per heavy atom. The molecule has 1 unspecified atom stereocenters. The number of hydrogen-bond acceptors (Lipinski definition) is 6. The van der Waals surface area contributed by atoms with Crippen LogP contribution in [0.2, 0.25) is 0 Å². The molecular formula is C10H14N2O4. The van der Waals surface area contributed by atoms with E-state index in [1.807, 2.05) is 13.8 Å². The summed E-state index contributed by atoms with van der Waals surface area (Å²) in [5.74, 6) is -0.407. The zero-order valence-electron chi connectivity index (χ0n) is 9.30. The summed E-state index contributed by atoms with van der Waals surface area (Å²) < 4.78 is 9.37. The van der Waals surface area contributed by atoms with Gasteiger partial charge in [0.1, 0.15) is 6.61 Å². The van der Waals surface area contributed by atoms with Gasteiger partial charge < -0.3 is 9.47 Å². The van der Waals surface area contributed by atoms with Crippen LogP contribution in [0.4, 0.5) is 0 Å². The van der Waals surface area contributed by atoms with Crippen molar-refractivity contribution >= 4 is 12.0 Å². The fourth-order valence-corrected chi connectivity index (χ4v) is 1.01. The summed E-state index contributed by atoms with van der Waals surface area (Å²) in [6.45, 7) is 3.85. The van der Waals surface area contributed by atoms with Crippen molar-refractivity contribution in [3.63, 3.8) is 0 Å². The van der Waals surface area contributed by atoms with Crippen molar-refractivity contribution in [1.82, 2.24) is 0 Å². The average molecular weight is 226 g/mol. The van der Waals surface area contributed by atoms with Gasteiger partial charge in [-0.2, -0.15) is 5.26 Å². The molecule has 0 radical (unpaired) electrons. The summed E-state index contributed by atoms with van der Waals surface area (Å²) in [6, 6.07) is 0. The highest BCUT2D eigenvalue weighted by Crippen LogP contribution is 2.09. The SMILES string of the molecule is CC(C)CC(OC#N)C(=O)OCCN=C=O. The molecule has 88 valence electrons. The van der Waals surface area contributed by atoms with Gasteiger partial charge in [0, 0.05) is 0 Å². The first-order valence-electron chi connectivity index (χ1n) is 4.86. The van der Waals surface area contributed by atoms with Crippen molar-refractivity contribution in [3.05, 3.63) is 0 Å². The zero-order chi connectivity index (χ0) is 12.4. The molecule has 0 amide bonds. The quantitative estimate of drug-likeness (QED) is 0.210. The van der Waals surface area contributed by atoms with Crippen LogP contribution in [0, 0.1) is 17.4 Å². The molecule has 0 aromatic rings. The number of hydrogen-bond donors (Lipinski definition) is 0. The smallest absolute Gasteiger partial charge is 0.348 e. The molecule has 0 saturated carbocycles. The van der Waals surface area contributed by atoms with Crippen LogP contribution in [0.3, 0.4) is 0 Å². The van der Waals surface area contributed by atoms with Gasteiger partial charge in [0.15, 0.2) is 0 Å². The number of aliphatic imine (C=N–C) groups is 1. The molecule has 0 N–H and O–H groups in total. The summed E-state index contributed by atoms with van der Waals surface area (Å²) in [6.07, 6.45) is 2.32. The lowest BCUT2D eigenvalue weighted by molar-refractivity contribution is -0.153. The fraction of sp³-hybridized carbons (Fsp3) is 0.700. The molecule has 0 aromatic heterocycles. The fourth-order valence-electron chi connectivity index (χ4n) is 1.01. The van der Waals surface area contributed by atoms with Crippen LogP contribution in [0.1, 0.15) is 20.3 Å². The minimum absolute atomic E-state index is 0.0164. The number of rotatable bonds is 7. The Balaban J connectivity index is 4.06. The van der Waals surface area contributed by atoms with Gasteiger partial charge in [-0.3, -0.25) is 0 Å². The molecule has 0 rings (SSSR count). The van der Waals surface area contributed by atoms with Crippen molar-refractivity contribution in [2.45, 2.75) is 26.4 Å². The van der Waals surface area contributed by atoms with E-state index in [0.29, 0.717) is 6.42 Å². The number of carbonyl (C=O) groups is 1. The van der Waals surface area contributed by atoms with Gasteiger partial charge in [-0.05, 0) is 12.3 Å². The normalized spacial score (nSPS) is 11.1. The third-order valence-corrected chi connectivity index (χ3v) is 1.66. The van der Waals surface area contributed by atoms with Crippen molar-refractivity contribution in [2.75, 3.05) is 13.2 Å². The van der Waals surface area contributed by atoms with Gasteiger partial charge in [0.2, 0.25) is 12.2 Å². The van der Waals surface area contributed by atoms with Gasteiger partial charge in [-0.15, -0.1) is 0 Å². The van der Waals surface area contributed by atoms with Gasteiger partial charge in [0.25, 0.3) is 6.26 Å². The Morgan fingerprint density at radius 2 is 2.19 bits per heavy atom. The lowest BCUT2D eigenvalue weighted by Gasteiger charge is -2.14. The monoisotopic (exact) mass is 226 g/mol. The number of ether oxygens (including phenoxy) is 2. The van der Waals surface area contributed by atoms with Crippen LogP contribution in [0.25, 0.3) is 0 Å². The number of carbonyl (C=O) groups excluding carboxylic acids is 2. The molecule has 0 aromatic carbocycles. The highest BCUT2D eigenvalue weighted by molar-refractivity contribution is 5.74. The topological polar surface area (TPSA) is 88.8 Å². The van der Waals surface area contributed by atoms with Crippen molar-refractivity contribution in [1.29, 1.82) is 5.26 Å². The molecule has 0 heterocycles. The maximum atomic E-state index is 11.4. The third kappa shape index (κ3) is 6.57. The van der Waals surface area contributed by atoms with E-state index in [2.05, 4.69) is 9.73 Å². The third-order valence-electron chi connectivity index (χ3n) is 1.66. The van der Waals surface area contributed by atoms with E-state index in [1.54, 1.807) is 0 Å². The molecule has 0 aliphatic carbocycles. The Morgan fingerprint density at radius 3 is 2.69 bits per heavy atom. The van der Waals surface area contributed by atoms with Crippen molar-refractivity contribution in [3.8, 4) is 6.26 Å². The maximum Gasteiger partial charge on any atom is 0.348 e. The van der Waals surface area contributed by atoms with Crippen LogP contribution in [-0.2, 0) is 19.1 Å². The van der Waals surface area contributed by atoms with Crippen molar-refractivity contribution in [2.24, 2.45) is 10.9 Å². The Labute approximate surface area is 93.9 Å². The second-order valence-corrected chi connectivity index (χ2v) is 3.47. The lowest BCUT2D eigenvalue weighted by Crippen LogP contribution is -2.27. The van der Waals surface area contributed by atoms with Crippen LogP contribution in [0.15, 0.2) is 4.99 Å². The summed E-state index contributed by atoms with van der Waals surface area (Å²) >= 11 is 0. The van der Waals surface area contributed by atoms with Crippen molar-refractivity contribution < 1.29 is 19.1 Å². The summed E-state index contributed by atoms with van der Waals surface area (Å²) in [5, 5.41) is 8.36. The van der Waals surface area contributed by atoms with Crippen LogP contribution >= 0.6 is 0 Å². The molecular weight excluding hydrogens is 212 g/mol. The van der Waals surface area contributed by atoms with E-state index >= 15 is 0 Å². The molecule has 6 nitrogen and oxygen atoms in total. The zero-order valence-corrected chi connectivity index (χ0v) is 9.30. The second kappa shape index (κ2) is 8.45.